The first-order valence-electron chi connectivity index (χ1n) is 3.43. The van der Waals surface area contributed by atoms with Gasteiger partial charge in [0, 0.05) is 0 Å². The highest BCUT2D eigenvalue weighted by Crippen LogP contribution is 2.53. The molecule has 10 heteroatoms. The normalized spacial score (nSPS) is 13.7. The molecule has 0 N–H and O–H groups in total. The SMILES string of the molecule is CC(C)(C(Cl)(Cl)[N+](=O)[O-])C(Cl)(Cl)[N+](=O)[O-]. The molecule has 0 unspecified atom stereocenters. The molecule has 6 nitrogen and oxygen atoms in total. The number of nitrogens with zero attached hydrogens (tertiary/aromatic N) is 2. The minimum absolute atomic E-state index is 1.03. The molecule has 15 heavy (non-hydrogen) atoms. The molecule has 0 aromatic heterocycles. The second kappa shape index (κ2) is 4.08. The van der Waals surface area contributed by atoms with Crippen LogP contribution in [0.4, 0.5) is 0 Å². The van der Waals surface area contributed by atoms with Gasteiger partial charge in [-0.25, -0.2) is 0 Å². The zero-order chi connectivity index (χ0) is 12.7. The van der Waals surface area contributed by atoms with Crippen molar-refractivity contribution in [2.75, 3.05) is 0 Å². The molecule has 0 aromatic carbocycles. The number of halogens is 4. The van der Waals surface area contributed by atoms with Gasteiger partial charge < -0.3 is 0 Å². The third-order valence-corrected chi connectivity index (χ3v) is 4.40. The van der Waals surface area contributed by atoms with Crippen molar-refractivity contribution in [3.63, 3.8) is 0 Å². The van der Waals surface area contributed by atoms with Crippen LogP contribution in [0.25, 0.3) is 0 Å². The van der Waals surface area contributed by atoms with E-state index in [0.29, 0.717) is 0 Å². The van der Waals surface area contributed by atoms with Crippen molar-refractivity contribution in [3.05, 3.63) is 20.2 Å². The second-order valence-corrected chi connectivity index (χ2v) is 5.80. The summed E-state index contributed by atoms with van der Waals surface area (Å²) in [6.07, 6.45) is 0. The lowest BCUT2D eigenvalue weighted by Gasteiger charge is -2.32. The topological polar surface area (TPSA) is 86.3 Å². The highest BCUT2D eigenvalue weighted by atomic mass is 35.5. The molecule has 0 heterocycles. The molecule has 0 bridgehead atoms. The van der Waals surface area contributed by atoms with E-state index in [2.05, 4.69) is 0 Å². The second-order valence-electron chi connectivity index (χ2n) is 3.22. The van der Waals surface area contributed by atoms with Crippen molar-refractivity contribution in [2.45, 2.75) is 22.8 Å². The first kappa shape index (κ1) is 15.0. The van der Waals surface area contributed by atoms with Gasteiger partial charge in [-0.15, -0.1) is 0 Å². The van der Waals surface area contributed by atoms with Crippen LogP contribution in [-0.4, -0.2) is 18.8 Å². The number of hydrogen-bond donors (Lipinski definition) is 0. The fraction of sp³-hybridized carbons (Fsp3) is 1.00. The standard InChI is InChI=1S/C5H6Cl4N2O4/c1-3(2,4(6,7)10(12)13)5(8,9)11(14)15/h1-2H3. The van der Waals surface area contributed by atoms with Gasteiger partial charge in [-0.2, -0.15) is 0 Å². The van der Waals surface area contributed by atoms with Gasteiger partial charge in [0.15, 0.2) is 5.41 Å². The third-order valence-electron chi connectivity index (χ3n) is 1.96. The van der Waals surface area contributed by atoms with E-state index in [1.807, 2.05) is 0 Å². The Morgan fingerprint density at radius 2 is 1.07 bits per heavy atom. The van der Waals surface area contributed by atoms with Crippen molar-refractivity contribution in [1.29, 1.82) is 0 Å². The van der Waals surface area contributed by atoms with Gasteiger partial charge in [0.05, 0.1) is 9.85 Å². The smallest absolute Gasteiger partial charge is 0.261 e. The molecule has 88 valence electrons. The fourth-order valence-corrected chi connectivity index (χ4v) is 1.38. The fourth-order valence-electron chi connectivity index (χ4n) is 0.637. The number of rotatable bonds is 4. The Kier molecular flexibility index (Phi) is 4.07. The van der Waals surface area contributed by atoms with Crippen LogP contribution in [0, 0.1) is 25.6 Å². The van der Waals surface area contributed by atoms with Crippen molar-refractivity contribution in [2.24, 2.45) is 5.41 Å². The Balaban J connectivity index is 5.50. The highest BCUT2D eigenvalue weighted by molar-refractivity contribution is 6.51. The molecule has 0 atom stereocenters. The lowest BCUT2D eigenvalue weighted by Crippen LogP contribution is -2.55. The lowest BCUT2D eigenvalue weighted by atomic mass is 9.92. The Morgan fingerprint density at radius 1 is 0.867 bits per heavy atom. The van der Waals surface area contributed by atoms with Gasteiger partial charge in [0.1, 0.15) is 0 Å². The van der Waals surface area contributed by atoms with Gasteiger partial charge in [0.25, 0.3) is 0 Å². The maximum absolute atomic E-state index is 10.5. The minimum atomic E-state index is -2.68. The minimum Gasteiger partial charge on any atom is -0.261 e. The maximum Gasteiger partial charge on any atom is 0.385 e. The van der Waals surface area contributed by atoms with E-state index in [9.17, 15) is 20.2 Å². The van der Waals surface area contributed by atoms with E-state index >= 15 is 0 Å². The van der Waals surface area contributed by atoms with Gasteiger partial charge in [-0.3, -0.25) is 20.2 Å². The van der Waals surface area contributed by atoms with Crippen LogP contribution in [0.1, 0.15) is 13.8 Å². The van der Waals surface area contributed by atoms with Gasteiger partial charge in [-0.05, 0) is 60.3 Å². The molecule has 0 aliphatic rings. The Bertz CT molecular complexity index is 275. The summed E-state index contributed by atoms with van der Waals surface area (Å²) >= 11 is 21.5. The summed E-state index contributed by atoms with van der Waals surface area (Å²) in [5.41, 5.74) is -2.00. The lowest BCUT2D eigenvalue weighted by molar-refractivity contribution is -0.582. The highest BCUT2D eigenvalue weighted by Gasteiger charge is 2.71. The molecule has 0 aliphatic heterocycles. The molecular weight excluding hydrogens is 294 g/mol. The summed E-state index contributed by atoms with van der Waals surface area (Å²) in [6.45, 7) is 2.05. The van der Waals surface area contributed by atoms with Crippen LogP contribution in [0.2, 0.25) is 0 Å². The van der Waals surface area contributed by atoms with Crippen LogP contribution in [0.15, 0.2) is 0 Å². The summed E-state index contributed by atoms with van der Waals surface area (Å²) < 4.78 is -5.35. The van der Waals surface area contributed by atoms with Crippen molar-refractivity contribution in [3.8, 4) is 0 Å². The van der Waals surface area contributed by atoms with Gasteiger partial charge >= 0.3 is 8.91 Å². The molecule has 0 aliphatic carbocycles. The largest absolute Gasteiger partial charge is 0.385 e. The van der Waals surface area contributed by atoms with E-state index in [1.54, 1.807) is 0 Å². The van der Waals surface area contributed by atoms with Gasteiger partial charge in [0.2, 0.25) is 0 Å². The zero-order valence-electron chi connectivity index (χ0n) is 7.54. The van der Waals surface area contributed by atoms with Crippen molar-refractivity contribution in [1.82, 2.24) is 0 Å². The van der Waals surface area contributed by atoms with Crippen LogP contribution in [-0.2, 0) is 0 Å². The number of hydrogen-bond acceptors (Lipinski definition) is 4. The van der Waals surface area contributed by atoms with Crippen molar-refractivity contribution < 1.29 is 9.85 Å². The van der Waals surface area contributed by atoms with Crippen LogP contribution in [0.5, 0.6) is 0 Å². The quantitative estimate of drug-likeness (QED) is 0.346. The molecule has 0 saturated carbocycles. The summed E-state index contributed by atoms with van der Waals surface area (Å²) in [4.78, 5) is 18.9. The average Bonchev–Trinajstić information content (AvgIpc) is 2.02. The molecule has 0 spiro atoms. The van der Waals surface area contributed by atoms with E-state index in [4.69, 9.17) is 46.4 Å². The molecule has 0 fully saturated rings. The maximum atomic E-state index is 10.5. The first-order chi connectivity index (χ1) is 6.39. The Labute approximate surface area is 105 Å². The predicted molar refractivity (Wildman–Crippen MR) is 56.6 cm³/mol. The summed E-state index contributed by atoms with van der Waals surface area (Å²) in [7, 11) is 0. The monoisotopic (exact) mass is 298 g/mol. The molecule has 0 amide bonds. The summed E-state index contributed by atoms with van der Waals surface area (Å²) in [5, 5.41) is 21.1. The van der Waals surface area contributed by atoms with E-state index < -0.39 is 24.2 Å². The Morgan fingerprint density at radius 3 is 1.20 bits per heavy atom. The molecule has 0 radical (unpaired) electrons. The molecule has 0 aromatic rings. The van der Waals surface area contributed by atoms with Crippen LogP contribution < -0.4 is 0 Å². The molecular formula is C5H6Cl4N2O4. The van der Waals surface area contributed by atoms with Crippen molar-refractivity contribution >= 4 is 46.4 Å². The van der Waals surface area contributed by atoms with Crippen LogP contribution >= 0.6 is 46.4 Å². The van der Waals surface area contributed by atoms with E-state index in [0.717, 1.165) is 13.8 Å². The molecule has 0 saturated heterocycles. The number of alkyl halides is 4. The predicted octanol–water partition coefficient (Wildman–Crippen LogP) is 2.83. The third kappa shape index (κ3) is 2.22. The van der Waals surface area contributed by atoms with Crippen LogP contribution in [0.3, 0.4) is 0 Å². The molecule has 0 rings (SSSR count). The summed E-state index contributed by atoms with van der Waals surface area (Å²) in [6, 6.07) is 0. The zero-order valence-corrected chi connectivity index (χ0v) is 10.6. The van der Waals surface area contributed by atoms with E-state index in [1.165, 1.54) is 0 Å². The Hall–Kier alpha value is -0.0400. The summed E-state index contributed by atoms with van der Waals surface area (Å²) in [5.74, 6) is 0. The van der Waals surface area contributed by atoms with Gasteiger partial charge in [-0.1, -0.05) is 0 Å². The first-order valence-corrected chi connectivity index (χ1v) is 4.95. The average molecular weight is 300 g/mol. The number of nitro groups is 2. The van der Waals surface area contributed by atoms with E-state index in [-0.39, 0.29) is 0 Å².